The zero-order valence-corrected chi connectivity index (χ0v) is 29.3. The van der Waals surface area contributed by atoms with Crippen molar-refractivity contribution in [3.63, 3.8) is 0 Å². The van der Waals surface area contributed by atoms with Gasteiger partial charge in [-0.2, -0.15) is 0 Å². The third-order valence-electron chi connectivity index (χ3n) is 10.9. The average Bonchev–Trinajstić information content (AvgIpc) is 3.67. The van der Waals surface area contributed by atoms with Gasteiger partial charge in [-0.1, -0.05) is 147 Å². The van der Waals surface area contributed by atoms with Crippen molar-refractivity contribution in [2.75, 3.05) is 7.05 Å². The zero-order valence-electron chi connectivity index (χ0n) is 29.3. The van der Waals surface area contributed by atoms with Gasteiger partial charge in [0, 0.05) is 34.9 Å². The molecule has 0 unspecified atom stereocenters. The summed E-state index contributed by atoms with van der Waals surface area (Å²) in [5.74, 6) is 0. The molecule has 2 heteroatoms. The summed E-state index contributed by atoms with van der Waals surface area (Å²) < 4.78 is 2.42. The van der Waals surface area contributed by atoms with Crippen LogP contribution in [-0.2, 0) is 5.41 Å². The Hall–Kier alpha value is -6.64. The van der Waals surface area contributed by atoms with Gasteiger partial charge in [0.25, 0.3) is 0 Å². The van der Waals surface area contributed by atoms with E-state index in [1.54, 1.807) is 6.08 Å². The molecule has 9 rings (SSSR count). The normalized spacial score (nSPS) is 16.1. The molecule has 0 saturated carbocycles. The largest absolute Gasteiger partial charge is 0.344 e. The van der Waals surface area contributed by atoms with E-state index in [0.29, 0.717) is 0 Å². The number of para-hydroxylation sites is 1. The number of likely N-dealkylation sites (N-methyl/N-ethyl adjacent to an activating group) is 1. The molecule has 2 nitrogen and oxygen atoms in total. The maximum atomic E-state index is 4.53. The van der Waals surface area contributed by atoms with Gasteiger partial charge in [0.15, 0.2) is 0 Å². The van der Waals surface area contributed by atoms with E-state index in [9.17, 15) is 0 Å². The Morgan fingerprint density at radius 1 is 0.635 bits per heavy atom. The number of hydrogen-bond acceptors (Lipinski definition) is 1. The zero-order chi connectivity index (χ0) is 35.4. The number of rotatable bonds is 6. The summed E-state index contributed by atoms with van der Waals surface area (Å²) in [6.45, 7) is 12.6. The van der Waals surface area contributed by atoms with E-state index in [-0.39, 0.29) is 0 Å². The lowest BCUT2D eigenvalue weighted by molar-refractivity contribution is 0.542. The number of hydrogen-bond donors (Lipinski definition) is 0. The molecule has 6 aromatic carbocycles. The van der Waals surface area contributed by atoms with Gasteiger partial charge in [0.05, 0.1) is 16.4 Å². The fraction of sp³-hybridized carbons (Fsp3) is 0.0400. The Kier molecular flexibility index (Phi) is 7.41. The maximum absolute atomic E-state index is 4.53. The SMILES string of the molecule is C=C/C=C1\C(=C)C=C/C(=C/C(=C)c2cccc(-n3c4ccccc4c4cc5c(cc43)-c3ccccc3C5(c3ccccc3)c3ccccc3)c2)N1C. The highest BCUT2D eigenvalue weighted by molar-refractivity contribution is 6.12. The highest BCUT2D eigenvalue weighted by Crippen LogP contribution is 2.57. The van der Waals surface area contributed by atoms with E-state index in [1.165, 1.54) is 55.2 Å². The van der Waals surface area contributed by atoms with Crippen molar-refractivity contribution in [2.24, 2.45) is 0 Å². The molecule has 0 atom stereocenters. The molecule has 1 aromatic heterocycles. The minimum absolute atomic E-state index is 0.454. The van der Waals surface area contributed by atoms with E-state index in [2.05, 4.69) is 194 Å². The summed E-state index contributed by atoms with van der Waals surface area (Å²) in [4.78, 5) is 2.13. The molecule has 0 bridgehead atoms. The summed E-state index contributed by atoms with van der Waals surface area (Å²) in [6.07, 6.45) is 10.1. The fourth-order valence-corrected chi connectivity index (χ4v) is 8.50. The molecule has 52 heavy (non-hydrogen) atoms. The van der Waals surface area contributed by atoms with Crippen molar-refractivity contribution in [3.8, 4) is 16.8 Å². The van der Waals surface area contributed by atoms with Gasteiger partial charge in [-0.3, -0.25) is 0 Å². The van der Waals surface area contributed by atoms with Crippen LogP contribution in [0.25, 0.3) is 44.2 Å². The van der Waals surface area contributed by atoms with Crippen LogP contribution in [0.2, 0.25) is 0 Å². The highest BCUT2D eigenvalue weighted by atomic mass is 15.1. The first-order valence-electron chi connectivity index (χ1n) is 17.7. The first kappa shape index (κ1) is 31.3. The summed E-state index contributed by atoms with van der Waals surface area (Å²) in [6, 6.07) is 53.4. The molecule has 7 aromatic rings. The van der Waals surface area contributed by atoms with Gasteiger partial charge in [0.1, 0.15) is 0 Å². The maximum Gasteiger partial charge on any atom is 0.0713 e. The van der Waals surface area contributed by atoms with E-state index in [4.69, 9.17) is 0 Å². The molecule has 0 N–H and O–H groups in total. The fourth-order valence-electron chi connectivity index (χ4n) is 8.50. The Balaban J connectivity index is 1.26. The number of aromatic nitrogens is 1. The highest BCUT2D eigenvalue weighted by Gasteiger charge is 2.46. The number of fused-ring (bicyclic) bond motifs is 6. The van der Waals surface area contributed by atoms with Gasteiger partial charge in [-0.15, -0.1) is 0 Å². The van der Waals surface area contributed by atoms with Crippen LogP contribution in [0.3, 0.4) is 0 Å². The molecule has 2 aliphatic rings. The van der Waals surface area contributed by atoms with Crippen LogP contribution in [0.5, 0.6) is 0 Å². The molecule has 1 aliphatic heterocycles. The minimum atomic E-state index is -0.454. The summed E-state index contributed by atoms with van der Waals surface area (Å²) >= 11 is 0. The molecular formula is C50H38N2. The van der Waals surface area contributed by atoms with Crippen molar-refractivity contribution in [2.45, 2.75) is 5.41 Å². The average molecular weight is 667 g/mol. The van der Waals surface area contributed by atoms with Gasteiger partial charge < -0.3 is 9.47 Å². The topological polar surface area (TPSA) is 8.17 Å². The van der Waals surface area contributed by atoms with E-state index in [0.717, 1.165) is 33.8 Å². The lowest BCUT2D eigenvalue weighted by atomic mass is 9.67. The van der Waals surface area contributed by atoms with Crippen molar-refractivity contribution in [1.29, 1.82) is 0 Å². The Morgan fingerprint density at radius 3 is 2.08 bits per heavy atom. The molecule has 1 aliphatic carbocycles. The van der Waals surface area contributed by atoms with Crippen molar-refractivity contribution in [1.82, 2.24) is 9.47 Å². The van der Waals surface area contributed by atoms with Crippen LogP contribution >= 0.6 is 0 Å². The van der Waals surface area contributed by atoms with Crippen LogP contribution in [0, 0.1) is 0 Å². The third-order valence-corrected chi connectivity index (χ3v) is 10.9. The van der Waals surface area contributed by atoms with Gasteiger partial charge in [0.2, 0.25) is 0 Å². The first-order chi connectivity index (χ1) is 25.5. The number of benzene rings is 6. The molecule has 0 radical (unpaired) electrons. The van der Waals surface area contributed by atoms with Crippen molar-refractivity contribution >= 4 is 27.4 Å². The summed E-state index contributed by atoms with van der Waals surface area (Å²) in [5, 5.41) is 2.47. The van der Waals surface area contributed by atoms with Crippen molar-refractivity contribution in [3.05, 3.63) is 240 Å². The van der Waals surface area contributed by atoms with Gasteiger partial charge in [-0.05, 0) is 98.7 Å². The molecule has 2 heterocycles. The van der Waals surface area contributed by atoms with Crippen LogP contribution in [0.15, 0.2) is 213 Å². The third kappa shape index (κ3) is 4.65. The number of nitrogens with zero attached hydrogens (tertiary/aromatic N) is 2. The molecule has 0 amide bonds. The standard InChI is InChI=1S/C50H38N2/c1-5-17-47-34(2)28-29-39(51(47)4)30-35(3)36-18-16-23-40(31-36)52-48-27-15-13-25-42(48)44-32-46-43(33-49(44)52)41-24-12-14-26-45(41)50(46,37-19-8-6-9-20-37)38-21-10-7-11-22-38/h5-33H,1-3H2,4H3/b39-30-,47-17+. The predicted octanol–water partition coefficient (Wildman–Crippen LogP) is 12.2. The second-order valence-corrected chi connectivity index (χ2v) is 13.6. The van der Waals surface area contributed by atoms with Gasteiger partial charge in [-0.25, -0.2) is 0 Å². The summed E-state index contributed by atoms with van der Waals surface area (Å²) in [7, 11) is 2.05. The molecule has 0 saturated heterocycles. The smallest absolute Gasteiger partial charge is 0.0713 e. The molecular weight excluding hydrogens is 629 g/mol. The van der Waals surface area contributed by atoms with E-state index < -0.39 is 5.41 Å². The Labute approximate surface area is 305 Å². The second kappa shape index (κ2) is 12.3. The lowest BCUT2D eigenvalue weighted by Gasteiger charge is -2.33. The first-order valence-corrected chi connectivity index (χ1v) is 17.7. The predicted molar refractivity (Wildman–Crippen MR) is 220 cm³/mol. The molecule has 248 valence electrons. The summed E-state index contributed by atoms with van der Waals surface area (Å²) in [5.41, 5.74) is 15.7. The van der Waals surface area contributed by atoms with E-state index >= 15 is 0 Å². The Morgan fingerprint density at radius 2 is 1.33 bits per heavy atom. The monoisotopic (exact) mass is 666 g/mol. The number of allylic oxidation sites excluding steroid dienone is 6. The molecule has 0 spiro atoms. The second-order valence-electron chi connectivity index (χ2n) is 13.6. The van der Waals surface area contributed by atoms with Crippen LogP contribution < -0.4 is 0 Å². The quantitative estimate of drug-likeness (QED) is 0.171. The van der Waals surface area contributed by atoms with Crippen LogP contribution in [0.1, 0.15) is 27.8 Å². The minimum Gasteiger partial charge on any atom is -0.344 e. The van der Waals surface area contributed by atoms with Crippen LogP contribution in [-0.4, -0.2) is 16.5 Å². The Bertz CT molecular complexity index is 2640. The lowest BCUT2D eigenvalue weighted by Crippen LogP contribution is -2.28. The van der Waals surface area contributed by atoms with Gasteiger partial charge >= 0.3 is 0 Å². The van der Waals surface area contributed by atoms with Crippen LogP contribution in [0.4, 0.5) is 0 Å². The molecule has 0 fully saturated rings. The van der Waals surface area contributed by atoms with Crippen molar-refractivity contribution < 1.29 is 0 Å². The van der Waals surface area contributed by atoms with E-state index in [1.807, 2.05) is 12.2 Å².